The highest BCUT2D eigenvalue weighted by atomic mass is 16.5. The van der Waals surface area contributed by atoms with Crippen LogP contribution in [-0.2, 0) is 6.54 Å². The summed E-state index contributed by atoms with van der Waals surface area (Å²) in [6.45, 7) is 2.86. The summed E-state index contributed by atoms with van der Waals surface area (Å²) in [5.74, 6) is 1.58. The molecule has 1 N–H and O–H groups in total. The van der Waals surface area contributed by atoms with Gasteiger partial charge in [0.05, 0.1) is 14.2 Å². The van der Waals surface area contributed by atoms with Crippen LogP contribution in [0.25, 0.3) is 0 Å². The Morgan fingerprint density at radius 3 is 2.62 bits per heavy atom. The van der Waals surface area contributed by atoms with Crippen molar-refractivity contribution < 1.29 is 9.47 Å². The van der Waals surface area contributed by atoms with Crippen LogP contribution in [0.4, 0.5) is 0 Å². The molecule has 0 aliphatic carbocycles. The average molecular weight is 286 g/mol. The maximum absolute atomic E-state index is 5.45. The number of nitrogens with zero attached hydrogens (tertiary/aromatic N) is 1. The lowest BCUT2D eigenvalue weighted by Gasteiger charge is -2.20. The number of hydrogen-bond acceptors (Lipinski definition) is 4. The molecule has 1 atom stereocenters. The maximum atomic E-state index is 5.45. The summed E-state index contributed by atoms with van der Waals surface area (Å²) in [5, 5.41) is 3.55. The van der Waals surface area contributed by atoms with Gasteiger partial charge in [-0.1, -0.05) is 31.2 Å². The summed E-state index contributed by atoms with van der Waals surface area (Å²) in [6, 6.07) is 12.3. The first-order valence-corrected chi connectivity index (χ1v) is 7.14. The van der Waals surface area contributed by atoms with Crippen molar-refractivity contribution in [1.29, 1.82) is 0 Å². The molecule has 0 radical (unpaired) electrons. The largest absolute Gasteiger partial charge is 0.496 e. The molecule has 21 heavy (non-hydrogen) atoms. The maximum Gasteiger partial charge on any atom is 0.217 e. The number of methoxy groups -OCH3 is 2. The standard InChI is InChI=1S/C17H22N2O2/c1-4-15(14-9-5-6-10-16(14)20-2)19-12-13-8-7-11-18-17(13)21-3/h5-11,15,19H,4,12H2,1-3H3. The third kappa shape index (κ3) is 3.73. The second-order valence-electron chi connectivity index (χ2n) is 4.76. The molecular weight excluding hydrogens is 264 g/mol. The van der Waals surface area contributed by atoms with Crippen LogP contribution in [0.15, 0.2) is 42.6 Å². The summed E-state index contributed by atoms with van der Waals surface area (Å²) in [7, 11) is 3.35. The first-order valence-electron chi connectivity index (χ1n) is 7.14. The molecule has 1 unspecified atom stereocenters. The van der Waals surface area contributed by atoms with Gasteiger partial charge in [-0.3, -0.25) is 0 Å². The molecule has 1 aromatic heterocycles. The molecule has 0 fully saturated rings. The van der Waals surface area contributed by atoms with Crippen LogP contribution in [-0.4, -0.2) is 19.2 Å². The fraction of sp³-hybridized carbons (Fsp3) is 0.353. The van der Waals surface area contributed by atoms with Gasteiger partial charge >= 0.3 is 0 Å². The van der Waals surface area contributed by atoms with E-state index in [0.29, 0.717) is 12.4 Å². The molecule has 0 bridgehead atoms. The van der Waals surface area contributed by atoms with Crippen molar-refractivity contribution in [3.8, 4) is 11.6 Å². The molecular formula is C17H22N2O2. The highest BCUT2D eigenvalue weighted by molar-refractivity contribution is 5.36. The van der Waals surface area contributed by atoms with E-state index in [2.05, 4.69) is 23.3 Å². The zero-order chi connectivity index (χ0) is 15.1. The lowest BCUT2D eigenvalue weighted by atomic mass is 10.0. The second kappa shape index (κ2) is 7.64. The van der Waals surface area contributed by atoms with Crippen molar-refractivity contribution in [1.82, 2.24) is 10.3 Å². The van der Waals surface area contributed by atoms with Gasteiger partial charge in [-0.25, -0.2) is 4.98 Å². The predicted molar refractivity (Wildman–Crippen MR) is 83.7 cm³/mol. The molecule has 0 aliphatic rings. The summed E-state index contributed by atoms with van der Waals surface area (Å²) >= 11 is 0. The molecule has 0 amide bonds. The van der Waals surface area contributed by atoms with Gasteiger partial charge in [0.15, 0.2) is 0 Å². The van der Waals surface area contributed by atoms with Gasteiger partial charge in [0.25, 0.3) is 0 Å². The van der Waals surface area contributed by atoms with Crippen LogP contribution < -0.4 is 14.8 Å². The Morgan fingerprint density at radius 1 is 1.10 bits per heavy atom. The topological polar surface area (TPSA) is 43.4 Å². The molecule has 0 saturated carbocycles. The van der Waals surface area contributed by atoms with Gasteiger partial charge in [-0.05, 0) is 18.6 Å². The molecule has 2 rings (SSSR count). The predicted octanol–water partition coefficient (Wildman–Crippen LogP) is 3.34. The summed E-state index contributed by atoms with van der Waals surface area (Å²) < 4.78 is 10.7. The van der Waals surface area contributed by atoms with Gasteiger partial charge in [0.1, 0.15) is 5.75 Å². The van der Waals surface area contributed by atoms with E-state index in [0.717, 1.165) is 17.7 Å². The summed E-state index contributed by atoms with van der Waals surface area (Å²) in [6.07, 6.45) is 2.71. The van der Waals surface area contributed by atoms with E-state index in [1.165, 1.54) is 5.56 Å². The SMILES string of the molecule is CCC(NCc1cccnc1OC)c1ccccc1OC. The van der Waals surface area contributed by atoms with Gasteiger partial charge in [-0.2, -0.15) is 0 Å². The summed E-state index contributed by atoms with van der Waals surface area (Å²) in [5.41, 5.74) is 2.22. The third-order valence-electron chi connectivity index (χ3n) is 3.50. The number of benzene rings is 1. The molecule has 2 aromatic rings. The van der Waals surface area contributed by atoms with Crippen molar-refractivity contribution in [2.45, 2.75) is 25.9 Å². The van der Waals surface area contributed by atoms with Crippen molar-refractivity contribution in [2.24, 2.45) is 0 Å². The number of pyridine rings is 1. The van der Waals surface area contributed by atoms with Crippen LogP contribution >= 0.6 is 0 Å². The first kappa shape index (κ1) is 15.3. The van der Waals surface area contributed by atoms with E-state index in [1.807, 2.05) is 30.3 Å². The Balaban J connectivity index is 2.12. The highest BCUT2D eigenvalue weighted by Gasteiger charge is 2.14. The number of ether oxygens (including phenoxy) is 2. The minimum atomic E-state index is 0.228. The second-order valence-corrected chi connectivity index (χ2v) is 4.76. The van der Waals surface area contributed by atoms with Gasteiger partial charge in [0.2, 0.25) is 5.88 Å². The fourth-order valence-electron chi connectivity index (χ4n) is 2.40. The molecule has 4 nitrogen and oxygen atoms in total. The number of nitrogens with one attached hydrogen (secondary N) is 1. The Hall–Kier alpha value is -2.07. The van der Waals surface area contributed by atoms with Crippen molar-refractivity contribution in [3.05, 3.63) is 53.7 Å². The Morgan fingerprint density at radius 2 is 1.90 bits per heavy atom. The van der Waals surface area contributed by atoms with E-state index in [1.54, 1.807) is 20.4 Å². The normalized spacial score (nSPS) is 12.0. The minimum absolute atomic E-state index is 0.228. The zero-order valence-corrected chi connectivity index (χ0v) is 12.8. The van der Waals surface area contributed by atoms with Crippen molar-refractivity contribution in [3.63, 3.8) is 0 Å². The third-order valence-corrected chi connectivity index (χ3v) is 3.50. The number of para-hydroxylation sites is 1. The number of aromatic nitrogens is 1. The quantitative estimate of drug-likeness (QED) is 0.847. The van der Waals surface area contributed by atoms with Crippen LogP contribution in [0.5, 0.6) is 11.6 Å². The lowest BCUT2D eigenvalue weighted by molar-refractivity contribution is 0.383. The van der Waals surface area contributed by atoms with E-state index in [9.17, 15) is 0 Å². The van der Waals surface area contributed by atoms with Crippen LogP contribution in [0.2, 0.25) is 0 Å². The highest BCUT2D eigenvalue weighted by Crippen LogP contribution is 2.27. The van der Waals surface area contributed by atoms with Crippen LogP contribution in [0, 0.1) is 0 Å². The zero-order valence-electron chi connectivity index (χ0n) is 12.8. The molecule has 112 valence electrons. The molecule has 0 spiro atoms. The molecule has 1 aromatic carbocycles. The minimum Gasteiger partial charge on any atom is -0.496 e. The van der Waals surface area contributed by atoms with E-state index >= 15 is 0 Å². The van der Waals surface area contributed by atoms with Crippen molar-refractivity contribution in [2.75, 3.05) is 14.2 Å². The Labute approximate surface area is 126 Å². The molecule has 1 heterocycles. The number of rotatable bonds is 7. The number of hydrogen-bond donors (Lipinski definition) is 1. The van der Waals surface area contributed by atoms with E-state index < -0.39 is 0 Å². The monoisotopic (exact) mass is 286 g/mol. The molecule has 0 aliphatic heterocycles. The van der Waals surface area contributed by atoms with Gasteiger partial charge in [-0.15, -0.1) is 0 Å². The molecule has 0 saturated heterocycles. The smallest absolute Gasteiger partial charge is 0.217 e. The first-order chi connectivity index (χ1) is 10.3. The Bertz CT molecular complexity index is 572. The fourth-order valence-corrected chi connectivity index (χ4v) is 2.40. The van der Waals surface area contributed by atoms with E-state index in [4.69, 9.17) is 9.47 Å². The average Bonchev–Trinajstić information content (AvgIpc) is 2.56. The van der Waals surface area contributed by atoms with Crippen LogP contribution in [0.1, 0.15) is 30.5 Å². The van der Waals surface area contributed by atoms with Gasteiger partial charge < -0.3 is 14.8 Å². The lowest BCUT2D eigenvalue weighted by Crippen LogP contribution is -2.21. The van der Waals surface area contributed by atoms with Crippen molar-refractivity contribution >= 4 is 0 Å². The van der Waals surface area contributed by atoms with E-state index in [-0.39, 0.29) is 6.04 Å². The van der Waals surface area contributed by atoms with Crippen LogP contribution in [0.3, 0.4) is 0 Å². The Kier molecular flexibility index (Phi) is 5.58. The van der Waals surface area contributed by atoms with Gasteiger partial charge in [0, 0.05) is 29.9 Å². The molecule has 4 heteroatoms. The summed E-state index contributed by atoms with van der Waals surface area (Å²) in [4.78, 5) is 4.22.